The second-order valence-corrected chi connectivity index (χ2v) is 10.3. The van der Waals surface area contributed by atoms with Gasteiger partial charge in [-0.15, -0.1) is 0 Å². The van der Waals surface area contributed by atoms with Gasteiger partial charge in [-0.1, -0.05) is 29.7 Å². The highest BCUT2D eigenvalue weighted by molar-refractivity contribution is 6.42. The summed E-state index contributed by atoms with van der Waals surface area (Å²) in [6.07, 6.45) is 0.523. The fourth-order valence-corrected chi connectivity index (χ4v) is 5.42. The summed E-state index contributed by atoms with van der Waals surface area (Å²) in [4.78, 5) is 52.6. The zero-order valence-electron chi connectivity index (χ0n) is 21.3. The quantitative estimate of drug-likeness (QED) is 0.349. The van der Waals surface area contributed by atoms with Gasteiger partial charge in [0.05, 0.1) is 18.6 Å². The van der Waals surface area contributed by atoms with Crippen molar-refractivity contribution in [3.05, 3.63) is 58.7 Å². The van der Waals surface area contributed by atoms with Gasteiger partial charge in [0.15, 0.2) is 15.7 Å². The van der Waals surface area contributed by atoms with Gasteiger partial charge in [-0.25, -0.2) is 0 Å². The first kappa shape index (κ1) is 25.1. The van der Waals surface area contributed by atoms with Crippen LogP contribution in [0.4, 0.5) is 0 Å². The van der Waals surface area contributed by atoms with Crippen LogP contribution in [0.5, 0.6) is 5.75 Å². The number of hydrogen-bond acceptors (Lipinski definition) is 6. The van der Waals surface area contributed by atoms with Crippen LogP contribution in [-0.2, 0) is 37.6 Å². The summed E-state index contributed by atoms with van der Waals surface area (Å²) in [7, 11) is 5.98. The molecule has 1 atom stereocenters. The normalized spacial score (nSPS) is 20.2. The van der Waals surface area contributed by atoms with Gasteiger partial charge in [0, 0.05) is 30.6 Å². The summed E-state index contributed by atoms with van der Waals surface area (Å²) < 4.78 is 11.7. The Labute approximate surface area is 218 Å². The maximum Gasteiger partial charge on any atom is 0.255 e. The lowest BCUT2D eigenvalue weighted by molar-refractivity contribution is -0.143. The van der Waals surface area contributed by atoms with E-state index in [0.717, 1.165) is 22.2 Å². The highest BCUT2D eigenvalue weighted by Crippen LogP contribution is 2.35. The Kier molecular flexibility index (Phi) is 6.62. The number of nitrogens with one attached hydrogen (secondary N) is 1. The first-order valence-electron chi connectivity index (χ1n) is 12.5. The largest absolute Gasteiger partial charge is 0.501 e. The molecule has 2 aromatic rings. The summed E-state index contributed by atoms with van der Waals surface area (Å²) in [5, 5.41) is 1.63. The van der Waals surface area contributed by atoms with Crippen molar-refractivity contribution in [3.63, 3.8) is 0 Å². The van der Waals surface area contributed by atoms with Crippen molar-refractivity contribution >= 4 is 52.6 Å². The summed E-state index contributed by atoms with van der Waals surface area (Å²) in [6.45, 7) is 2.05. The van der Waals surface area contributed by atoms with Crippen molar-refractivity contribution in [2.45, 2.75) is 37.4 Å². The van der Waals surface area contributed by atoms with Gasteiger partial charge in [-0.3, -0.25) is 24.5 Å². The molecule has 3 heterocycles. The molecule has 1 N–H and O–H groups in total. The molecule has 0 radical (unpaired) electrons. The predicted molar refractivity (Wildman–Crippen MR) is 143 cm³/mol. The number of benzene rings is 2. The molecule has 12 heteroatoms. The first-order chi connectivity index (χ1) is 17.6. The van der Waals surface area contributed by atoms with E-state index in [0.29, 0.717) is 37.4 Å². The van der Waals surface area contributed by atoms with E-state index >= 15 is 0 Å². The van der Waals surface area contributed by atoms with Crippen LogP contribution in [0.15, 0.2) is 36.4 Å². The summed E-state index contributed by atoms with van der Waals surface area (Å²) >= 11 is 0. The average Bonchev–Trinajstić information content (AvgIpc) is 3.17. The van der Waals surface area contributed by atoms with E-state index in [4.69, 9.17) is 9.47 Å². The average molecular weight is 499 g/mol. The number of hydrogen-bond donors (Lipinski definition) is 1. The fourth-order valence-electron chi connectivity index (χ4n) is 5.42. The molecular formula is C25H28B3N3O6. The van der Waals surface area contributed by atoms with E-state index in [1.165, 1.54) is 4.90 Å². The molecule has 0 spiro atoms. The van der Waals surface area contributed by atoms with Gasteiger partial charge >= 0.3 is 0 Å². The Bertz CT molecular complexity index is 1300. The molecule has 3 aliphatic rings. The summed E-state index contributed by atoms with van der Waals surface area (Å²) in [5.74, 6) is -0.390. The molecule has 0 aromatic heterocycles. The van der Waals surface area contributed by atoms with E-state index in [1.807, 2.05) is 41.7 Å². The van der Waals surface area contributed by atoms with Gasteiger partial charge in [0.2, 0.25) is 17.7 Å². The number of ether oxygens (including phenoxy) is 2. The fraction of sp³-hybridized carbons (Fsp3) is 0.360. The van der Waals surface area contributed by atoms with E-state index in [1.54, 1.807) is 17.0 Å². The molecule has 9 nitrogen and oxygen atoms in total. The molecule has 0 saturated carbocycles. The molecule has 4 amide bonds. The molecule has 188 valence electrons. The molecular weight excluding hydrogens is 471 g/mol. The number of carbonyl (C=O) groups excluding carboxylic acids is 4. The maximum absolute atomic E-state index is 13.2. The van der Waals surface area contributed by atoms with Crippen molar-refractivity contribution in [2.75, 3.05) is 19.8 Å². The number of fused-ring (bicyclic) bond motifs is 1. The molecule has 3 aliphatic heterocycles. The topological polar surface area (TPSA) is 105 Å². The monoisotopic (exact) mass is 499 g/mol. The Hall–Kier alpha value is -3.53. The highest BCUT2D eigenvalue weighted by Gasteiger charge is 2.40. The molecule has 2 aromatic carbocycles. The van der Waals surface area contributed by atoms with Gasteiger partial charge in [-0.05, 0) is 29.7 Å². The number of piperidine rings is 1. The Morgan fingerprint density at radius 2 is 1.95 bits per heavy atom. The number of amides is 4. The molecule has 37 heavy (non-hydrogen) atoms. The minimum atomic E-state index is -0.711. The minimum Gasteiger partial charge on any atom is -0.501 e. The van der Waals surface area contributed by atoms with Crippen LogP contribution >= 0.6 is 0 Å². The number of carbonyl (C=O) groups is 4. The Morgan fingerprint density at radius 1 is 1.14 bits per heavy atom. The molecule has 2 saturated heterocycles. The molecule has 0 bridgehead atoms. The number of imide groups is 1. The third-order valence-electron chi connectivity index (χ3n) is 7.30. The van der Waals surface area contributed by atoms with E-state index < -0.39 is 17.3 Å². The second kappa shape index (κ2) is 9.74. The third-order valence-corrected chi connectivity index (χ3v) is 7.30. The number of rotatable bonds is 6. The van der Waals surface area contributed by atoms with E-state index in [-0.39, 0.29) is 37.3 Å². The third kappa shape index (κ3) is 4.90. The van der Waals surface area contributed by atoms with Crippen LogP contribution in [-0.4, -0.2) is 82.8 Å². The van der Waals surface area contributed by atoms with Crippen LogP contribution < -0.4 is 15.5 Å². The van der Waals surface area contributed by atoms with Crippen molar-refractivity contribution in [1.29, 1.82) is 0 Å². The SMILES string of the molecule is Bc1cc(CN2CCOCC2=O)ccc1C(B)(B)Oc1cccc2c1CN(C1CCC(=O)NC1=O)C2=O. The Balaban J connectivity index is 1.34. The van der Waals surface area contributed by atoms with Crippen LogP contribution in [0.1, 0.15) is 39.9 Å². The van der Waals surface area contributed by atoms with Crippen LogP contribution in [0.2, 0.25) is 0 Å². The Morgan fingerprint density at radius 3 is 2.68 bits per heavy atom. The zero-order chi connectivity index (χ0) is 26.3. The highest BCUT2D eigenvalue weighted by atomic mass is 16.5. The van der Waals surface area contributed by atoms with Gasteiger partial charge in [-0.2, -0.15) is 0 Å². The lowest BCUT2D eigenvalue weighted by Gasteiger charge is -2.32. The lowest BCUT2D eigenvalue weighted by atomic mass is 9.58. The summed E-state index contributed by atoms with van der Waals surface area (Å²) in [5.41, 5.74) is 4.33. The van der Waals surface area contributed by atoms with E-state index in [9.17, 15) is 19.2 Å². The van der Waals surface area contributed by atoms with Crippen LogP contribution in [0, 0.1) is 0 Å². The van der Waals surface area contributed by atoms with E-state index in [2.05, 4.69) is 11.4 Å². The maximum atomic E-state index is 13.2. The van der Waals surface area contributed by atoms with Gasteiger partial charge in [0.1, 0.15) is 26.2 Å². The zero-order valence-corrected chi connectivity index (χ0v) is 21.3. The van der Waals surface area contributed by atoms with Gasteiger partial charge < -0.3 is 19.3 Å². The smallest absolute Gasteiger partial charge is 0.255 e. The number of nitrogens with zero attached hydrogens (tertiary/aromatic N) is 2. The standard InChI is InChI=1S/C25H28B3N3O6/c26-18-10-14(11-30-8-9-36-13-22(30)33)4-5-17(18)25(27,28)37-20-3-1-2-15-16(20)12-31(24(15)35)19-6-7-21(32)29-23(19)34/h1-5,10,19H,6-9,11-13,26-28H2,(H,29,32,34). The van der Waals surface area contributed by atoms with Crippen molar-refractivity contribution < 1.29 is 28.7 Å². The number of morpholine rings is 1. The first-order valence-corrected chi connectivity index (χ1v) is 12.5. The lowest BCUT2D eigenvalue weighted by Crippen LogP contribution is -2.52. The van der Waals surface area contributed by atoms with Crippen LogP contribution in [0.3, 0.4) is 0 Å². The molecule has 2 fully saturated rings. The molecule has 5 rings (SSSR count). The van der Waals surface area contributed by atoms with Crippen molar-refractivity contribution in [2.24, 2.45) is 0 Å². The van der Waals surface area contributed by atoms with Gasteiger partial charge in [0.25, 0.3) is 5.91 Å². The van der Waals surface area contributed by atoms with Crippen molar-refractivity contribution in [3.8, 4) is 5.75 Å². The molecule has 0 aliphatic carbocycles. The van der Waals surface area contributed by atoms with Crippen molar-refractivity contribution in [1.82, 2.24) is 15.1 Å². The second-order valence-electron chi connectivity index (χ2n) is 10.3. The predicted octanol–water partition coefficient (Wildman–Crippen LogP) is -2.48. The summed E-state index contributed by atoms with van der Waals surface area (Å²) in [6, 6.07) is 10.8. The van der Waals surface area contributed by atoms with Crippen LogP contribution in [0.25, 0.3) is 0 Å². The molecule has 1 unspecified atom stereocenters. The minimum absolute atomic E-state index is 0.00419.